The monoisotopic (exact) mass is 242 g/mol. The average molecular weight is 242 g/mol. The maximum Gasteiger partial charge on any atom is 0.175 e. The minimum Gasteiger partial charge on any atom is -0.483 e. The SMILES string of the molecule is O=C(COc1ccc(F)cc1F)C1CCOC1. The number of hydrogen-bond donors (Lipinski definition) is 0. The molecule has 0 aliphatic carbocycles. The number of carbonyl (C=O) groups excluding carboxylic acids is 1. The molecule has 1 fully saturated rings. The van der Waals surface area contributed by atoms with Crippen molar-refractivity contribution < 1.29 is 23.0 Å². The summed E-state index contributed by atoms with van der Waals surface area (Å²) in [5, 5.41) is 0. The normalized spacial score (nSPS) is 19.3. The second-order valence-corrected chi connectivity index (χ2v) is 3.89. The van der Waals surface area contributed by atoms with Gasteiger partial charge in [0.15, 0.2) is 17.3 Å². The topological polar surface area (TPSA) is 35.5 Å². The number of rotatable bonds is 4. The fraction of sp³-hybridized carbons (Fsp3) is 0.417. The first-order valence-electron chi connectivity index (χ1n) is 5.35. The van der Waals surface area contributed by atoms with Crippen LogP contribution in [0.25, 0.3) is 0 Å². The standard InChI is InChI=1S/C12H12F2O3/c13-9-1-2-12(10(14)5-9)17-7-11(15)8-3-4-16-6-8/h1-2,5,8H,3-4,6-7H2. The van der Waals surface area contributed by atoms with Crippen molar-refractivity contribution in [3.05, 3.63) is 29.8 Å². The highest BCUT2D eigenvalue weighted by molar-refractivity contribution is 5.82. The Hall–Kier alpha value is -1.49. The molecular weight excluding hydrogens is 230 g/mol. The molecule has 17 heavy (non-hydrogen) atoms. The largest absolute Gasteiger partial charge is 0.483 e. The van der Waals surface area contributed by atoms with Crippen LogP contribution in [0.1, 0.15) is 6.42 Å². The molecule has 5 heteroatoms. The predicted molar refractivity (Wildman–Crippen MR) is 55.8 cm³/mol. The molecule has 92 valence electrons. The molecule has 1 aliphatic rings. The second kappa shape index (κ2) is 5.23. The molecule has 0 N–H and O–H groups in total. The zero-order valence-corrected chi connectivity index (χ0v) is 9.12. The number of benzene rings is 1. The Bertz CT molecular complexity index is 414. The first-order valence-corrected chi connectivity index (χ1v) is 5.35. The van der Waals surface area contributed by atoms with E-state index in [4.69, 9.17) is 9.47 Å². The number of carbonyl (C=O) groups is 1. The Morgan fingerprint density at radius 2 is 2.29 bits per heavy atom. The Labute approximate surface area is 97.3 Å². The van der Waals surface area contributed by atoms with E-state index in [-0.39, 0.29) is 24.1 Å². The van der Waals surface area contributed by atoms with Crippen LogP contribution in [0.2, 0.25) is 0 Å². The fourth-order valence-corrected chi connectivity index (χ4v) is 1.65. The zero-order valence-electron chi connectivity index (χ0n) is 9.12. The zero-order chi connectivity index (χ0) is 12.3. The average Bonchev–Trinajstić information content (AvgIpc) is 2.81. The summed E-state index contributed by atoms with van der Waals surface area (Å²) < 4.78 is 35.9. The van der Waals surface area contributed by atoms with Crippen molar-refractivity contribution in [3.63, 3.8) is 0 Å². The summed E-state index contributed by atoms with van der Waals surface area (Å²) >= 11 is 0. The smallest absolute Gasteiger partial charge is 0.175 e. The van der Waals surface area contributed by atoms with Gasteiger partial charge in [0.2, 0.25) is 0 Å². The lowest BCUT2D eigenvalue weighted by Gasteiger charge is -2.09. The molecule has 3 nitrogen and oxygen atoms in total. The van der Waals surface area contributed by atoms with Crippen LogP contribution >= 0.6 is 0 Å². The van der Waals surface area contributed by atoms with Crippen molar-refractivity contribution in [1.82, 2.24) is 0 Å². The lowest BCUT2D eigenvalue weighted by atomic mass is 10.0. The van der Waals surface area contributed by atoms with Gasteiger partial charge in [-0.1, -0.05) is 0 Å². The van der Waals surface area contributed by atoms with Crippen molar-refractivity contribution in [2.24, 2.45) is 5.92 Å². The minimum absolute atomic E-state index is 0.112. The lowest BCUT2D eigenvalue weighted by molar-refractivity contribution is -0.124. The first kappa shape index (κ1) is 12.0. The van der Waals surface area contributed by atoms with Crippen LogP contribution in [0.3, 0.4) is 0 Å². The van der Waals surface area contributed by atoms with E-state index in [9.17, 15) is 13.6 Å². The van der Waals surface area contributed by atoms with Gasteiger partial charge >= 0.3 is 0 Å². The fourth-order valence-electron chi connectivity index (χ4n) is 1.65. The highest BCUT2D eigenvalue weighted by Crippen LogP contribution is 2.19. The third kappa shape index (κ3) is 3.00. The summed E-state index contributed by atoms with van der Waals surface area (Å²) in [6.07, 6.45) is 0.675. The van der Waals surface area contributed by atoms with Crippen LogP contribution in [-0.4, -0.2) is 25.6 Å². The second-order valence-electron chi connectivity index (χ2n) is 3.89. The van der Waals surface area contributed by atoms with Crippen molar-refractivity contribution in [3.8, 4) is 5.75 Å². The van der Waals surface area contributed by atoms with Gasteiger partial charge in [0.1, 0.15) is 12.4 Å². The molecule has 0 saturated carbocycles. The number of ketones is 1. The molecule has 0 spiro atoms. The van der Waals surface area contributed by atoms with Crippen LogP contribution < -0.4 is 4.74 Å². The van der Waals surface area contributed by atoms with Gasteiger partial charge in [-0.05, 0) is 18.6 Å². The molecule has 2 rings (SSSR count). The maximum absolute atomic E-state index is 13.2. The van der Waals surface area contributed by atoms with E-state index in [1.165, 1.54) is 6.07 Å². The van der Waals surface area contributed by atoms with E-state index < -0.39 is 11.6 Å². The molecule has 1 heterocycles. The van der Waals surface area contributed by atoms with Gasteiger partial charge in [-0.25, -0.2) is 8.78 Å². The van der Waals surface area contributed by atoms with Crippen molar-refractivity contribution >= 4 is 5.78 Å². The molecule has 1 aromatic rings. The first-order chi connectivity index (χ1) is 8.16. The molecule has 1 unspecified atom stereocenters. The Morgan fingerprint density at radius 1 is 1.47 bits per heavy atom. The predicted octanol–water partition coefficient (Wildman–Crippen LogP) is 1.95. The molecule has 0 amide bonds. The summed E-state index contributed by atoms with van der Waals surface area (Å²) in [6, 6.07) is 2.98. The molecule has 1 aliphatic heterocycles. The minimum atomic E-state index is -0.805. The van der Waals surface area contributed by atoms with Crippen LogP contribution in [0.4, 0.5) is 8.78 Å². The van der Waals surface area contributed by atoms with Crippen LogP contribution in [0.5, 0.6) is 5.75 Å². The third-order valence-electron chi connectivity index (χ3n) is 2.65. The van der Waals surface area contributed by atoms with Gasteiger partial charge < -0.3 is 9.47 Å². The number of halogens is 2. The van der Waals surface area contributed by atoms with Gasteiger partial charge in [-0.2, -0.15) is 0 Å². The van der Waals surface area contributed by atoms with Crippen LogP contribution in [-0.2, 0) is 9.53 Å². The van der Waals surface area contributed by atoms with Gasteiger partial charge in [0, 0.05) is 18.6 Å². The highest BCUT2D eigenvalue weighted by atomic mass is 19.1. The molecule has 0 aromatic heterocycles. The highest BCUT2D eigenvalue weighted by Gasteiger charge is 2.23. The number of Topliss-reactive ketones (excluding diaryl/α,β-unsaturated/α-hetero) is 1. The molecule has 0 bridgehead atoms. The van der Waals surface area contributed by atoms with Crippen molar-refractivity contribution in [2.75, 3.05) is 19.8 Å². The van der Waals surface area contributed by atoms with Gasteiger partial charge in [0.25, 0.3) is 0 Å². The van der Waals surface area contributed by atoms with E-state index in [1.807, 2.05) is 0 Å². The summed E-state index contributed by atoms with van der Waals surface area (Å²) in [5.74, 6) is -1.88. The summed E-state index contributed by atoms with van der Waals surface area (Å²) in [5.41, 5.74) is 0. The van der Waals surface area contributed by atoms with Crippen molar-refractivity contribution in [1.29, 1.82) is 0 Å². The van der Waals surface area contributed by atoms with E-state index in [2.05, 4.69) is 0 Å². The molecule has 1 atom stereocenters. The van der Waals surface area contributed by atoms with E-state index in [0.29, 0.717) is 19.6 Å². The Kier molecular flexibility index (Phi) is 3.68. The maximum atomic E-state index is 13.2. The summed E-state index contributed by atoms with van der Waals surface area (Å²) in [4.78, 5) is 11.6. The summed E-state index contributed by atoms with van der Waals surface area (Å²) in [6.45, 7) is 0.756. The molecule has 0 radical (unpaired) electrons. The summed E-state index contributed by atoms with van der Waals surface area (Å²) in [7, 11) is 0. The van der Waals surface area contributed by atoms with E-state index >= 15 is 0 Å². The van der Waals surface area contributed by atoms with Gasteiger partial charge in [0.05, 0.1) is 6.61 Å². The molecular formula is C12H12F2O3. The Balaban J connectivity index is 1.90. The van der Waals surface area contributed by atoms with E-state index in [0.717, 1.165) is 12.1 Å². The quantitative estimate of drug-likeness (QED) is 0.809. The number of ether oxygens (including phenoxy) is 2. The van der Waals surface area contributed by atoms with Crippen LogP contribution in [0, 0.1) is 17.6 Å². The van der Waals surface area contributed by atoms with Crippen LogP contribution in [0.15, 0.2) is 18.2 Å². The Morgan fingerprint density at radius 3 is 2.94 bits per heavy atom. The van der Waals surface area contributed by atoms with Gasteiger partial charge in [-0.15, -0.1) is 0 Å². The third-order valence-corrected chi connectivity index (χ3v) is 2.65. The van der Waals surface area contributed by atoms with Gasteiger partial charge in [-0.3, -0.25) is 4.79 Å². The van der Waals surface area contributed by atoms with Crippen molar-refractivity contribution in [2.45, 2.75) is 6.42 Å². The molecule has 1 aromatic carbocycles. The van der Waals surface area contributed by atoms with E-state index in [1.54, 1.807) is 0 Å². The molecule has 1 saturated heterocycles. The lowest BCUT2D eigenvalue weighted by Crippen LogP contribution is -2.21. The number of hydrogen-bond acceptors (Lipinski definition) is 3.